The molecule has 0 aromatic heterocycles. The Morgan fingerprint density at radius 1 is 1.30 bits per heavy atom. The van der Waals surface area contributed by atoms with Gasteiger partial charge in [0.15, 0.2) is 11.5 Å². The van der Waals surface area contributed by atoms with Crippen LogP contribution in [0, 0.1) is 5.92 Å². The molecule has 108 valence electrons. The summed E-state index contributed by atoms with van der Waals surface area (Å²) in [5.74, 6) is 1.02. The van der Waals surface area contributed by atoms with Crippen molar-refractivity contribution in [2.45, 2.75) is 19.4 Å². The molecule has 20 heavy (non-hydrogen) atoms. The third-order valence-corrected chi connectivity index (χ3v) is 3.54. The summed E-state index contributed by atoms with van der Waals surface area (Å²) < 4.78 is 16.3. The minimum Gasteiger partial charge on any atom is -0.486 e. The average Bonchev–Trinajstić information content (AvgIpc) is 2.86. The van der Waals surface area contributed by atoms with Crippen molar-refractivity contribution < 1.29 is 19.0 Å². The summed E-state index contributed by atoms with van der Waals surface area (Å²) in [6.07, 6.45) is 0.861. The van der Waals surface area contributed by atoms with Crippen molar-refractivity contribution in [1.29, 1.82) is 0 Å². The molecule has 1 aromatic rings. The topological polar surface area (TPSA) is 82.8 Å². The van der Waals surface area contributed by atoms with Crippen LogP contribution < -0.4 is 20.5 Å². The van der Waals surface area contributed by atoms with E-state index in [-0.39, 0.29) is 17.9 Å². The van der Waals surface area contributed by atoms with Crippen molar-refractivity contribution in [3.8, 4) is 11.5 Å². The number of carbonyl (C=O) groups is 1. The molecule has 0 saturated carbocycles. The number of hydrogen-bond acceptors (Lipinski definition) is 5. The standard InChI is InChI=1S/C14H18N2O4/c1-8-4-9(7-20-8)14(17)16-11-6-13-12(5-10(11)15)18-2-3-19-13/h5-6,8-9H,2-4,7,15H2,1H3,(H,16,17). The van der Waals surface area contributed by atoms with Crippen LogP contribution in [0.3, 0.4) is 0 Å². The summed E-state index contributed by atoms with van der Waals surface area (Å²) in [4.78, 5) is 12.2. The first-order valence-corrected chi connectivity index (χ1v) is 6.75. The molecule has 6 heteroatoms. The Balaban J connectivity index is 1.75. The molecule has 3 N–H and O–H groups in total. The average molecular weight is 278 g/mol. The summed E-state index contributed by atoms with van der Waals surface area (Å²) in [6.45, 7) is 3.43. The highest BCUT2D eigenvalue weighted by atomic mass is 16.6. The van der Waals surface area contributed by atoms with Gasteiger partial charge in [0.25, 0.3) is 0 Å². The van der Waals surface area contributed by atoms with Gasteiger partial charge in [-0.15, -0.1) is 0 Å². The Labute approximate surface area is 117 Å². The van der Waals surface area contributed by atoms with Crippen LogP contribution in [-0.2, 0) is 9.53 Å². The number of benzene rings is 1. The van der Waals surface area contributed by atoms with E-state index < -0.39 is 0 Å². The molecule has 0 aliphatic carbocycles. The summed E-state index contributed by atoms with van der Waals surface area (Å²) in [7, 11) is 0. The lowest BCUT2D eigenvalue weighted by molar-refractivity contribution is -0.119. The second kappa shape index (κ2) is 5.20. The van der Waals surface area contributed by atoms with Gasteiger partial charge >= 0.3 is 0 Å². The smallest absolute Gasteiger partial charge is 0.229 e. The predicted octanol–water partition coefficient (Wildman–Crippen LogP) is 1.40. The number of amides is 1. The SMILES string of the molecule is CC1CC(C(=O)Nc2cc3c(cc2N)OCCO3)CO1. The van der Waals surface area contributed by atoms with Crippen molar-refractivity contribution in [1.82, 2.24) is 0 Å². The first-order valence-electron chi connectivity index (χ1n) is 6.75. The highest BCUT2D eigenvalue weighted by molar-refractivity contribution is 5.96. The predicted molar refractivity (Wildman–Crippen MR) is 74.0 cm³/mol. The quantitative estimate of drug-likeness (QED) is 0.799. The van der Waals surface area contributed by atoms with Gasteiger partial charge in [-0.25, -0.2) is 0 Å². The molecule has 0 radical (unpaired) electrons. The van der Waals surface area contributed by atoms with Crippen molar-refractivity contribution in [2.75, 3.05) is 30.9 Å². The van der Waals surface area contributed by atoms with Crippen LogP contribution in [-0.4, -0.2) is 31.8 Å². The van der Waals surface area contributed by atoms with E-state index in [4.69, 9.17) is 19.9 Å². The maximum absolute atomic E-state index is 12.2. The first-order chi connectivity index (χ1) is 9.63. The summed E-state index contributed by atoms with van der Waals surface area (Å²) in [6, 6.07) is 3.39. The van der Waals surface area contributed by atoms with Crippen LogP contribution in [0.5, 0.6) is 11.5 Å². The van der Waals surface area contributed by atoms with E-state index in [1.807, 2.05) is 6.92 Å². The zero-order valence-corrected chi connectivity index (χ0v) is 11.3. The lowest BCUT2D eigenvalue weighted by Crippen LogP contribution is -2.24. The number of nitrogens with one attached hydrogen (secondary N) is 1. The fourth-order valence-corrected chi connectivity index (χ4v) is 2.45. The Kier molecular flexibility index (Phi) is 3.40. The number of carbonyl (C=O) groups excluding carboxylic acids is 1. The molecule has 1 aromatic carbocycles. The van der Waals surface area contributed by atoms with Gasteiger partial charge < -0.3 is 25.3 Å². The first kappa shape index (κ1) is 13.1. The third-order valence-electron chi connectivity index (χ3n) is 3.54. The number of fused-ring (bicyclic) bond motifs is 1. The summed E-state index contributed by atoms with van der Waals surface area (Å²) in [5, 5.41) is 2.84. The molecule has 2 unspecified atom stereocenters. The lowest BCUT2D eigenvalue weighted by Gasteiger charge is -2.20. The van der Waals surface area contributed by atoms with E-state index in [0.29, 0.717) is 42.7 Å². The minimum absolute atomic E-state index is 0.0715. The van der Waals surface area contributed by atoms with Gasteiger partial charge in [-0.3, -0.25) is 4.79 Å². The normalized spacial score (nSPS) is 24.4. The van der Waals surface area contributed by atoms with E-state index in [1.54, 1.807) is 12.1 Å². The molecule has 6 nitrogen and oxygen atoms in total. The van der Waals surface area contributed by atoms with E-state index in [9.17, 15) is 4.79 Å². The Morgan fingerprint density at radius 3 is 2.65 bits per heavy atom. The fourth-order valence-electron chi connectivity index (χ4n) is 2.45. The van der Waals surface area contributed by atoms with Crippen LogP contribution in [0.1, 0.15) is 13.3 Å². The third kappa shape index (κ3) is 2.51. The van der Waals surface area contributed by atoms with Gasteiger partial charge in [0, 0.05) is 12.1 Å². The molecular formula is C14H18N2O4. The Morgan fingerprint density at radius 2 is 2.00 bits per heavy atom. The molecule has 3 rings (SSSR count). The lowest BCUT2D eigenvalue weighted by atomic mass is 10.1. The molecule has 2 atom stereocenters. The van der Waals surface area contributed by atoms with Crippen molar-refractivity contribution >= 4 is 17.3 Å². The highest BCUT2D eigenvalue weighted by Gasteiger charge is 2.29. The molecule has 0 bridgehead atoms. The molecule has 1 fully saturated rings. The fraction of sp³-hybridized carbons (Fsp3) is 0.500. The minimum atomic E-state index is -0.127. The van der Waals surface area contributed by atoms with Gasteiger partial charge in [0.05, 0.1) is 30.0 Å². The van der Waals surface area contributed by atoms with E-state index in [0.717, 1.165) is 6.42 Å². The molecular weight excluding hydrogens is 260 g/mol. The molecule has 2 aliphatic rings. The molecule has 2 aliphatic heterocycles. The highest BCUT2D eigenvalue weighted by Crippen LogP contribution is 2.37. The second-order valence-electron chi connectivity index (χ2n) is 5.15. The largest absolute Gasteiger partial charge is 0.486 e. The van der Waals surface area contributed by atoms with Gasteiger partial charge in [-0.05, 0) is 13.3 Å². The Bertz CT molecular complexity index is 532. The van der Waals surface area contributed by atoms with Crippen LogP contribution in [0.2, 0.25) is 0 Å². The molecule has 1 saturated heterocycles. The number of rotatable bonds is 2. The maximum atomic E-state index is 12.2. The van der Waals surface area contributed by atoms with E-state index in [1.165, 1.54) is 0 Å². The van der Waals surface area contributed by atoms with Crippen molar-refractivity contribution in [2.24, 2.45) is 5.92 Å². The number of nitrogens with two attached hydrogens (primary N) is 1. The molecule has 2 heterocycles. The number of ether oxygens (including phenoxy) is 3. The van der Waals surface area contributed by atoms with Gasteiger partial charge in [-0.2, -0.15) is 0 Å². The van der Waals surface area contributed by atoms with E-state index >= 15 is 0 Å². The maximum Gasteiger partial charge on any atom is 0.229 e. The van der Waals surface area contributed by atoms with Gasteiger partial charge in [0.1, 0.15) is 13.2 Å². The van der Waals surface area contributed by atoms with Crippen LogP contribution in [0.25, 0.3) is 0 Å². The zero-order chi connectivity index (χ0) is 14.1. The molecule has 1 amide bonds. The zero-order valence-electron chi connectivity index (χ0n) is 11.3. The monoisotopic (exact) mass is 278 g/mol. The Hall–Kier alpha value is -1.95. The van der Waals surface area contributed by atoms with Crippen molar-refractivity contribution in [3.05, 3.63) is 12.1 Å². The number of anilines is 2. The summed E-state index contributed by atoms with van der Waals surface area (Å²) in [5.41, 5.74) is 6.96. The van der Waals surface area contributed by atoms with Gasteiger partial charge in [-0.1, -0.05) is 0 Å². The molecule has 0 spiro atoms. The van der Waals surface area contributed by atoms with Gasteiger partial charge in [0.2, 0.25) is 5.91 Å². The van der Waals surface area contributed by atoms with Crippen LogP contribution >= 0.6 is 0 Å². The number of nitrogen functional groups attached to an aromatic ring is 1. The van der Waals surface area contributed by atoms with Crippen LogP contribution in [0.4, 0.5) is 11.4 Å². The number of hydrogen-bond donors (Lipinski definition) is 2. The summed E-state index contributed by atoms with van der Waals surface area (Å²) >= 11 is 0. The van der Waals surface area contributed by atoms with Crippen LogP contribution in [0.15, 0.2) is 12.1 Å². The van der Waals surface area contributed by atoms with Crippen molar-refractivity contribution in [3.63, 3.8) is 0 Å². The second-order valence-corrected chi connectivity index (χ2v) is 5.15. The van der Waals surface area contributed by atoms with E-state index in [2.05, 4.69) is 5.32 Å².